The highest BCUT2D eigenvalue weighted by Crippen LogP contribution is 2.28. The van der Waals surface area contributed by atoms with E-state index in [1.165, 1.54) is 17.6 Å². The molecular weight excluding hydrogens is 358 g/mol. The summed E-state index contributed by atoms with van der Waals surface area (Å²) < 4.78 is 0. The fourth-order valence-electron chi connectivity index (χ4n) is 2.26. The van der Waals surface area contributed by atoms with Gasteiger partial charge in [-0.25, -0.2) is 9.78 Å². The second-order valence-corrected chi connectivity index (χ2v) is 6.49. The van der Waals surface area contributed by atoms with Crippen molar-refractivity contribution in [2.45, 2.75) is 0 Å². The van der Waals surface area contributed by atoms with Crippen LogP contribution in [0.5, 0.6) is 0 Å². The van der Waals surface area contributed by atoms with E-state index in [4.69, 9.17) is 11.6 Å². The van der Waals surface area contributed by atoms with Crippen LogP contribution < -0.4 is 9.99 Å². The normalized spacial score (nSPS) is 11.0. The van der Waals surface area contributed by atoms with Crippen molar-refractivity contribution < 1.29 is 14.9 Å². The number of hydrogen-bond acceptors (Lipinski definition) is 4. The van der Waals surface area contributed by atoms with E-state index >= 15 is 0 Å². The van der Waals surface area contributed by atoms with Crippen molar-refractivity contribution in [3.63, 3.8) is 0 Å². The van der Waals surface area contributed by atoms with Gasteiger partial charge in [0.15, 0.2) is 0 Å². The van der Waals surface area contributed by atoms with Crippen molar-refractivity contribution in [2.24, 2.45) is 5.10 Å². The number of aromatic carboxylic acids is 1. The van der Waals surface area contributed by atoms with Crippen molar-refractivity contribution >= 4 is 40.3 Å². The van der Waals surface area contributed by atoms with Gasteiger partial charge in [-0.3, -0.25) is 0 Å². The molecule has 25 heavy (non-hydrogen) atoms. The number of hydrazone groups is 1. The highest BCUT2D eigenvalue weighted by atomic mass is 35.5. The molecule has 126 valence electrons. The summed E-state index contributed by atoms with van der Waals surface area (Å²) in [6.07, 6.45) is 1.53. The number of nitrogens with zero attached hydrogens (tertiary/aromatic N) is 2. The predicted molar refractivity (Wildman–Crippen MR) is 101 cm³/mol. The Morgan fingerprint density at radius 2 is 1.96 bits per heavy atom. The van der Waals surface area contributed by atoms with Gasteiger partial charge in [-0.15, -0.1) is 5.01 Å². The first-order chi connectivity index (χ1) is 12.1. The van der Waals surface area contributed by atoms with Gasteiger partial charge in [0.2, 0.25) is 0 Å². The molecule has 7 heteroatoms. The van der Waals surface area contributed by atoms with Crippen LogP contribution in [0, 0.1) is 0 Å². The van der Waals surface area contributed by atoms with E-state index in [1.807, 2.05) is 29.6 Å². The average molecular weight is 373 g/mol. The quantitative estimate of drug-likeness (QED) is 0.542. The van der Waals surface area contributed by atoms with Crippen LogP contribution in [0.15, 0.2) is 59.0 Å². The molecule has 0 spiro atoms. The SMILES string of the molecule is CN(/N=C/c1ccccc1C(=O)O)c1[nH+]c(-c2ccccc2Cl)cs1. The summed E-state index contributed by atoms with van der Waals surface area (Å²) in [6, 6.07) is 14.3. The summed E-state index contributed by atoms with van der Waals surface area (Å²) in [4.78, 5) is 14.5. The van der Waals surface area contributed by atoms with E-state index in [1.54, 1.807) is 36.3 Å². The van der Waals surface area contributed by atoms with Crippen LogP contribution in [0.4, 0.5) is 5.13 Å². The molecule has 0 amide bonds. The lowest BCUT2D eigenvalue weighted by Gasteiger charge is -2.02. The monoisotopic (exact) mass is 372 g/mol. The maximum atomic E-state index is 11.2. The Morgan fingerprint density at radius 1 is 1.24 bits per heavy atom. The standard InChI is InChI=1S/C18H14ClN3O2S/c1-22(20-10-12-6-2-3-7-13(12)17(23)24)18-21-16(11-25-18)14-8-4-5-9-15(14)19/h2-11H,1H3,(H,23,24)/p+1/b20-10+. The Kier molecular flexibility index (Phi) is 5.11. The average Bonchev–Trinajstić information content (AvgIpc) is 3.10. The molecule has 1 aromatic heterocycles. The van der Waals surface area contributed by atoms with Gasteiger partial charge in [0.1, 0.15) is 12.7 Å². The Hall–Kier alpha value is -2.70. The minimum atomic E-state index is -0.978. The molecule has 2 aromatic carbocycles. The van der Waals surface area contributed by atoms with Crippen LogP contribution in [-0.4, -0.2) is 24.3 Å². The highest BCUT2D eigenvalue weighted by Gasteiger charge is 2.16. The number of carboxylic acid groups (broad SMARTS) is 1. The maximum Gasteiger partial charge on any atom is 0.359 e. The zero-order chi connectivity index (χ0) is 17.8. The van der Waals surface area contributed by atoms with Gasteiger partial charge in [-0.05, 0) is 18.2 Å². The number of aromatic nitrogens is 1. The maximum absolute atomic E-state index is 11.2. The fraction of sp³-hybridized carbons (Fsp3) is 0.0556. The number of aromatic amines is 1. The van der Waals surface area contributed by atoms with E-state index in [0.717, 1.165) is 16.4 Å². The summed E-state index contributed by atoms with van der Waals surface area (Å²) in [5, 5.41) is 18.6. The molecule has 0 saturated heterocycles. The zero-order valence-electron chi connectivity index (χ0n) is 13.3. The minimum absolute atomic E-state index is 0.214. The molecule has 3 rings (SSSR count). The van der Waals surface area contributed by atoms with E-state index in [9.17, 15) is 9.90 Å². The van der Waals surface area contributed by atoms with Crippen molar-refractivity contribution in [1.29, 1.82) is 0 Å². The van der Waals surface area contributed by atoms with Gasteiger partial charge < -0.3 is 5.11 Å². The Balaban J connectivity index is 1.82. The lowest BCUT2D eigenvalue weighted by Crippen LogP contribution is -2.17. The Labute approximate surface area is 153 Å². The molecule has 0 radical (unpaired) electrons. The second-order valence-electron chi connectivity index (χ2n) is 5.22. The molecule has 3 aromatic rings. The fourth-order valence-corrected chi connectivity index (χ4v) is 3.28. The molecule has 0 aliphatic heterocycles. The van der Waals surface area contributed by atoms with Crippen molar-refractivity contribution in [2.75, 3.05) is 12.1 Å². The van der Waals surface area contributed by atoms with Gasteiger partial charge in [0.05, 0.1) is 16.8 Å². The van der Waals surface area contributed by atoms with E-state index in [0.29, 0.717) is 10.6 Å². The van der Waals surface area contributed by atoms with E-state index in [2.05, 4.69) is 10.1 Å². The zero-order valence-corrected chi connectivity index (χ0v) is 14.9. The van der Waals surface area contributed by atoms with Crippen LogP contribution >= 0.6 is 22.9 Å². The number of hydrogen-bond donors (Lipinski definition) is 1. The van der Waals surface area contributed by atoms with Crippen LogP contribution in [0.3, 0.4) is 0 Å². The Morgan fingerprint density at radius 3 is 2.72 bits per heavy atom. The minimum Gasteiger partial charge on any atom is -0.478 e. The third-order valence-electron chi connectivity index (χ3n) is 3.55. The topological polar surface area (TPSA) is 67.0 Å². The predicted octanol–water partition coefficient (Wildman–Crippen LogP) is 4.05. The number of carboxylic acids is 1. The molecule has 0 bridgehead atoms. The van der Waals surface area contributed by atoms with Crippen LogP contribution in [0.25, 0.3) is 11.3 Å². The smallest absolute Gasteiger partial charge is 0.359 e. The number of halogens is 1. The molecule has 2 N–H and O–H groups in total. The molecule has 0 aliphatic rings. The van der Waals surface area contributed by atoms with Gasteiger partial charge in [-0.1, -0.05) is 58.4 Å². The van der Waals surface area contributed by atoms with E-state index < -0.39 is 5.97 Å². The first kappa shape index (κ1) is 17.1. The second kappa shape index (κ2) is 7.46. The molecule has 0 fully saturated rings. The number of carbonyl (C=O) groups is 1. The molecule has 1 heterocycles. The lowest BCUT2D eigenvalue weighted by atomic mass is 10.1. The van der Waals surface area contributed by atoms with Crippen LogP contribution in [0.1, 0.15) is 15.9 Å². The van der Waals surface area contributed by atoms with Crippen LogP contribution in [-0.2, 0) is 0 Å². The number of nitrogens with one attached hydrogen (secondary N) is 1. The van der Waals surface area contributed by atoms with Crippen LogP contribution in [0.2, 0.25) is 5.02 Å². The van der Waals surface area contributed by atoms with Gasteiger partial charge in [-0.2, -0.15) is 0 Å². The van der Waals surface area contributed by atoms with Gasteiger partial charge >= 0.3 is 11.1 Å². The molecule has 0 saturated carbocycles. The number of rotatable bonds is 5. The Bertz CT molecular complexity index is 939. The largest absolute Gasteiger partial charge is 0.478 e. The summed E-state index contributed by atoms with van der Waals surface area (Å²) >= 11 is 7.71. The highest BCUT2D eigenvalue weighted by molar-refractivity contribution is 7.13. The third kappa shape index (κ3) is 3.87. The molecule has 0 unspecified atom stereocenters. The lowest BCUT2D eigenvalue weighted by molar-refractivity contribution is -0.344. The van der Waals surface area contributed by atoms with Gasteiger partial charge in [0, 0.05) is 16.5 Å². The molecule has 5 nitrogen and oxygen atoms in total. The summed E-state index contributed by atoms with van der Waals surface area (Å²) in [7, 11) is 1.79. The molecule has 0 atom stereocenters. The van der Waals surface area contributed by atoms with E-state index in [-0.39, 0.29) is 5.56 Å². The molecular formula is C18H15ClN3O2S+. The van der Waals surface area contributed by atoms with Gasteiger partial charge in [0.25, 0.3) is 0 Å². The first-order valence-corrected chi connectivity index (χ1v) is 8.68. The number of benzene rings is 2. The van der Waals surface area contributed by atoms with Crippen molar-refractivity contribution in [3.05, 3.63) is 70.1 Å². The number of anilines is 1. The first-order valence-electron chi connectivity index (χ1n) is 7.42. The number of thiazole rings is 1. The summed E-state index contributed by atoms with van der Waals surface area (Å²) in [6.45, 7) is 0. The summed E-state index contributed by atoms with van der Waals surface area (Å²) in [5.74, 6) is -0.978. The molecule has 0 aliphatic carbocycles. The summed E-state index contributed by atoms with van der Waals surface area (Å²) in [5.41, 5.74) is 2.58. The van der Waals surface area contributed by atoms with Crippen molar-refractivity contribution in [1.82, 2.24) is 0 Å². The van der Waals surface area contributed by atoms with Crippen molar-refractivity contribution in [3.8, 4) is 11.3 Å². The third-order valence-corrected chi connectivity index (χ3v) is 4.82. The number of H-pyrrole nitrogens is 1.